The number of carboxylic acid groups (broad SMARTS) is 3. The van der Waals surface area contributed by atoms with Crippen LogP contribution in [0.15, 0.2) is 60.3 Å². The number of aromatic carboxylic acids is 1. The fourth-order valence-corrected chi connectivity index (χ4v) is 2.46. The molecule has 28 heavy (non-hydrogen) atoms. The largest absolute Gasteiger partial charge is 0.481 e. The number of hydrogen-bond donors (Lipinski definition) is 3. The molecule has 1 aromatic heterocycles. The van der Waals surface area contributed by atoms with Gasteiger partial charge >= 0.3 is 17.9 Å². The number of carbonyl (C=O) groups is 3. The van der Waals surface area contributed by atoms with E-state index >= 15 is 0 Å². The van der Waals surface area contributed by atoms with Gasteiger partial charge in [0, 0.05) is 5.57 Å². The molecule has 0 saturated heterocycles. The molecule has 1 aliphatic carbocycles. The number of nitrogens with zero attached hydrogens (tertiary/aromatic N) is 2. The molecule has 2 aromatic rings. The van der Waals surface area contributed by atoms with Crippen molar-refractivity contribution in [3.05, 3.63) is 71.8 Å². The summed E-state index contributed by atoms with van der Waals surface area (Å²) >= 11 is 0. The normalized spacial score (nSPS) is 17.9. The van der Waals surface area contributed by atoms with Gasteiger partial charge in [0.2, 0.25) is 0 Å². The van der Waals surface area contributed by atoms with Crippen molar-refractivity contribution in [1.29, 1.82) is 0 Å². The van der Waals surface area contributed by atoms with Gasteiger partial charge in [0.1, 0.15) is 11.5 Å². The van der Waals surface area contributed by atoms with E-state index < -0.39 is 29.1 Å². The Kier molecular flexibility index (Phi) is 6.09. The van der Waals surface area contributed by atoms with Crippen LogP contribution in [0, 0.1) is 11.2 Å². The Morgan fingerprint density at radius 3 is 2.36 bits per heavy atom. The van der Waals surface area contributed by atoms with Gasteiger partial charge < -0.3 is 15.3 Å². The Bertz CT molecular complexity index is 978. The predicted molar refractivity (Wildman–Crippen MR) is 95.7 cm³/mol. The van der Waals surface area contributed by atoms with Crippen LogP contribution in [0.25, 0.3) is 5.69 Å². The van der Waals surface area contributed by atoms with Crippen molar-refractivity contribution in [1.82, 2.24) is 9.78 Å². The van der Waals surface area contributed by atoms with E-state index in [2.05, 4.69) is 5.10 Å². The molecule has 0 bridgehead atoms. The van der Waals surface area contributed by atoms with Crippen LogP contribution in [0.4, 0.5) is 4.39 Å². The van der Waals surface area contributed by atoms with Crippen LogP contribution in [0.3, 0.4) is 0 Å². The van der Waals surface area contributed by atoms with Crippen molar-refractivity contribution in [3.8, 4) is 5.69 Å². The van der Waals surface area contributed by atoms with Crippen LogP contribution < -0.4 is 0 Å². The molecule has 0 fully saturated rings. The van der Waals surface area contributed by atoms with Gasteiger partial charge in [0.15, 0.2) is 5.69 Å². The Balaban J connectivity index is 0.000000203. The first-order valence-corrected chi connectivity index (χ1v) is 8.03. The van der Waals surface area contributed by atoms with E-state index in [4.69, 9.17) is 15.3 Å². The highest BCUT2D eigenvalue weighted by molar-refractivity contribution is 5.90. The van der Waals surface area contributed by atoms with Gasteiger partial charge in [0.05, 0.1) is 11.6 Å². The topological polar surface area (TPSA) is 130 Å². The monoisotopic (exact) mass is 388 g/mol. The highest BCUT2D eigenvalue weighted by Crippen LogP contribution is 2.31. The van der Waals surface area contributed by atoms with Crippen LogP contribution in [0.1, 0.15) is 23.8 Å². The maximum absolute atomic E-state index is 13.3. The average molecular weight is 388 g/mol. The summed E-state index contributed by atoms with van der Waals surface area (Å²) < 4.78 is 14.4. The molecular weight excluding hydrogens is 371 g/mol. The van der Waals surface area contributed by atoms with Crippen molar-refractivity contribution >= 4 is 17.9 Å². The van der Waals surface area contributed by atoms with Crippen LogP contribution in [0.5, 0.6) is 0 Å². The molecule has 3 rings (SSSR count). The van der Waals surface area contributed by atoms with E-state index in [1.54, 1.807) is 6.07 Å². The molecule has 146 valence electrons. The lowest BCUT2D eigenvalue weighted by Gasteiger charge is -2.23. The summed E-state index contributed by atoms with van der Waals surface area (Å²) in [6.45, 7) is 1.50. The summed E-state index contributed by atoms with van der Waals surface area (Å²) in [5, 5.41) is 30.1. The van der Waals surface area contributed by atoms with Crippen LogP contribution >= 0.6 is 0 Å². The van der Waals surface area contributed by atoms with E-state index in [0.717, 1.165) is 4.68 Å². The molecular formula is C19H17FN2O6. The third-order valence-corrected chi connectivity index (χ3v) is 4.02. The molecule has 0 amide bonds. The number of carboxylic acids is 3. The molecule has 0 aliphatic heterocycles. The van der Waals surface area contributed by atoms with E-state index in [1.807, 2.05) is 0 Å². The number of para-hydroxylation sites is 1. The maximum atomic E-state index is 13.3. The zero-order valence-electron chi connectivity index (χ0n) is 14.7. The third-order valence-electron chi connectivity index (χ3n) is 4.02. The summed E-state index contributed by atoms with van der Waals surface area (Å²) in [5.74, 6) is -3.72. The Hall–Kier alpha value is -3.75. The number of allylic oxidation sites excluding steroid dienone is 2. The van der Waals surface area contributed by atoms with Gasteiger partial charge in [-0.3, -0.25) is 4.79 Å². The Labute approximate surface area is 158 Å². The molecule has 0 saturated carbocycles. The van der Waals surface area contributed by atoms with Crippen molar-refractivity contribution in [3.63, 3.8) is 0 Å². The van der Waals surface area contributed by atoms with Crippen molar-refractivity contribution in [2.45, 2.75) is 13.3 Å². The second kappa shape index (κ2) is 8.30. The fourth-order valence-electron chi connectivity index (χ4n) is 2.46. The molecule has 1 heterocycles. The minimum Gasteiger partial charge on any atom is -0.481 e. The molecule has 1 unspecified atom stereocenters. The summed E-state index contributed by atoms with van der Waals surface area (Å²) in [5.41, 5.74) is -0.893. The van der Waals surface area contributed by atoms with Gasteiger partial charge in [-0.2, -0.15) is 5.10 Å². The maximum Gasteiger partial charge on any atom is 0.354 e. The molecule has 3 N–H and O–H groups in total. The molecule has 8 nitrogen and oxygen atoms in total. The summed E-state index contributed by atoms with van der Waals surface area (Å²) in [4.78, 5) is 32.1. The lowest BCUT2D eigenvalue weighted by Crippen LogP contribution is -2.28. The molecule has 1 aromatic carbocycles. The fraction of sp³-hybridized carbons (Fsp3) is 0.158. The van der Waals surface area contributed by atoms with Gasteiger partial charge in [-0.1, -0.05) is 30.4 Å². The first-order chi connectivity index (χ1) is 13.2. The first-order valence-electron chi connectivity index (χ1n) is 8.03. The quantitative estimate of drug-likeness (QED) is 0.734. The standard InChI is InChI=1S/C10H7FN2O2.C9H10O4/c11-7-3-1-2-4-8(7)13-9(10(14)15)5-6-12-13;1-9(8(12)13)4-2-3-6(5-9)7(10)11/h1-6H,(H,14,15);2-4H,5H2,1H3,(H,10,11)(H,12,13). The van der Waals surface area contributed by atoms with Crippen LogP contribution in [-0.4, -0.2) is 43.0 Å². The second-order valence-electron chi connectivity index (χ2n) is 6.14. The first kappa shape index (κ1) is 20.6. The van der Waals surface area contributed by atoms with E-state index in [1.165, 1.54) is 55.6 Å². The minimum atomic E-state index is -1.14. The summed E-state index contributed by atoms with van der Waals surface area (Å²) in [7, 11) is 0. The van der Waals surface area contributed by atoms with Gasteiger partial charge in [-0.05, 0) is 31.5 Å². The highest BCUT2D eigenvalue weighted by Gasteiger charge is 2.34. The lowest BCUT2D eigenvalue weighted by atomic mass is 9.80. The van der Waals surface area contributed by atoms with Crippen molar-refractivity contribution in [2.75, 3.05) is 0 Å². The van der Waals surface area contributed by atoms with E-state index in [0.29, 0.717) is 0 Å². The second-order valence-corrected chi connectivity index (χ2v) is 6.14. The van der Waals surface area contributed by atoms with Crippen molar-refractivity contribution in [2.24, 2.45) is 5.41 Å². The molecule has 1 atom stereocenters. The summed E-state index contributed by atoms with van der Waals surface area (Å²) in [6.07, 6.45) is 5.75. The van der Waals surface area contributed by atoms with E-state index in [-0.39, 0.29) is 23.4 Å². The van der Waals surface area contributed by atoms with Crippen LogP contribution in [-0.2, 0) is 9.59 Å². The van der Waals surface area contributed by atoms with Gasteiger partial charge in [-0.25, -0.2) is 18.7 Å². The van der Waals surface area contributed by atoms with Crippen molar-refractivity contribution < 1.29 is 34.1 Å². The average Bonchev–Trinajstić information content (AvgIpc) is 3.12. The lowest BCUT2D eigenvalue weighted by molar-refractivity contribution is -0.145. The molecule has 1 aliphatic rings. The van der Waals surface area contributed by atoms with E-state index in [9.17, 15) is 18.8 Å². The number of aromatic nitrogens is 2. The molecule has 9 heteroatoms. The summed E-state index contributed by atoms with van der Waals surface area (Å²) in [6, 6.07) is 7.18. The SMILES string of the molecule is CC1(C(=O)O)C=CC=C(C(=O)O)C1.O=C(O)c1ccnn1-c1ccccc1F. The number of hydrogen-bond acceptors (Lipinski definition) is 4. The highest BCUT2D eigenvalue weighted by atomic mass is 19.1. The molecule has 0 radical (unpaired) electrons. The Morgan fingerprint density at radius 2 is 1.79 bits per heavy atom. The number of rotatable bonds is 4. The number of aliphatic carboxylic acids is 2. The van der Waals surface area contributed by atoms with Crippen LogP contribution in [0.2, 0.25) is 0 Å². The van der Waals surface area contributed by atoms with Gasteiger partial charge in [-0.15, -0.1) is 0 Å². The molecule has 0 spiro atoms. The third kappa shape index (κ3) is 4.50. The number of halogens is 1. The minimum absolute atomic E-state index is 0.0359. The number of benzene rings is 1. The van der Waals surface area contributed by atoms with Gasteiger partial charge in [0.25, 0.3) is 0 Å². The zero-order valence-corrected chi connectivity index (χ0v) is 14.7. The Morgan fingerprint density at radius 1 is 1.11 bits per heavy atom. The zero-order chi connectivity index (χ0) is 20.9. The predicted octanol–water partition coefficient (Wildman–Crippen LogP) is 2.76. The smallest absolute Gasteiger partial charge is 0.354 e.